The fraction of sp³-hybridized carbons (Fsp3) is 0.778. The van der Waals surface area contributed by atoms with Gasteiger partial charge in [-0.25, -0.2) is 0 Å². The number of hydrogen-bond donors (Lipinski definition) is 2. The number of nitrogens with one attached hydrogen (secondary N) is 2. The lowest BCUT2D eigenvalue weighted by Gasteiger charge is -2.16. The van der Waals surface area contributed by atoms with Crippen LogP contribution in [0.2, 0.25) is 0 Å². The number of aromatic amines is 1. The third kappa shape index (κ3) is 2.06. The van der Waals surface area contributed by atoms with Gasteiger partial charge in [-0.3, -0.25) is 0 Å². The molecule has 4 heteroatoms. The maximum Gasteiger partial charge on any atom is 0.0991 e. The summed E-state index contributed by atoms with van der Waals surface area (Å²) in [6.45, 7) is 2.14. The molecule has 4 nitrogen and oxygen atoms in total. The van der Waals surface area contributed by atoms with Crippen molar-refractivity contribution in [2.75, 3.05) is 0 Å². The van der Waals surface area contributed by atoms with Gasteiger partial charge in [0.25, 0.3) is 0 Å². The third-order valence-electron chi connectivity index (χ3n) is 2.72. The zero-order valence-electron chi connectivity index (χ0n) is 7.95. The Bertz CT molecular complexity index is 238. The fourth-order valence-electron chi connectivity index (χ4n) is 1.95. The zero-order valence-corrected chi connectivity index (χ0v) is 7.95. The molecule has 1 aromatic heterocycles. The Hall–Kier alpha value is -0.900. The largest absolute Gasteiger partial charge is 0.306 e. The molecule has 0 spiro atoms. The van der Waals surface area contributed by atoms with Crippen LogP contribution >= 0.6 is 0 Å². The number of nitrogens with zero attached hydrogens (tertiary/aromatic N) is 2. The lowest BCUT2D eigenvalue weighted by atomic mass is 10.2. The normalized spacial score (nSPS) is 20.7. The summed E-state index contributed by atoms with van der Waals surface area (Å²) < 4.78 is 0. The van der Waals surface area contributed by atoms with Gasteiger partial charge in [0, 0.05) is 6.04 Å². The second-order valence-electron chi connectivity index (χ2n) is 3.76. The monoisotopic (exact) mass is 180 g/mol. The average molecular weight is 180 g/mol. The van der Waals surface area contributed by atoms with Crippen molar-refractivity contribution < 1.29 is 0 Å². The Morgan fingerprint density at radius 2 is 2.31 bits per heavy atom. The van der Waals surface area contributed by atoms with Gasteiger partial charge in [-0.2, -0.15) is 15.4 Å². The first-order chi connectivity index (χ1) is 6.36. The summed E-state index contributed by atoms with van der Waals surface area (Å²) in [6, 6.07) is 1.01. The maximum atomic E-state index is 4.06. The molecule has 0 amide bonds. The molecule has 0 saturated heterocycles. The quantitative estimate of drug-likeness (QED) is 0.739. The highest BCUT2D eigenvalue weighted by molar-refractivity contribution is 4.98. The van der Waals surface area contributed by atoms with Crippen LogP contribution in [0.5, 0.6) is 0 Å². The highest BCUT2D eigenvalue weighted by Crippen LogP contribution is 2.20. The van der Waals surface area contributed by atoms with E-state index in [2.05, 4.69) is 27.7 Å². The van der Waals surface area contributed by atoms with Crippen LogP contribution in [0.4, 0.5) is 0 Å². The minimum atomic E-state index is 0.321. The van der Waals surface area contributed by atoms with Gasteiger partial charge in [-0.1, -0.05) is 12.8 Å². The lowest BCUT2D eigenvalue weighted by molar-refractivity contribution is 0.454. The van der Waals surface area contributed by atoms with Gasteiger partial charge < -0.3 is 5.32 Å². The Kier molecular flexibility index (Phi) is 2.59. The van der Waals surface area contributed by atoms with Crippen LogP contribution in [0.3, 0.4) is 0 Å². The second-order valence-corrected chi connectivity index (χ2v) is 3.76. The molecule has 0 radical (unpaired) electrons. The first-order valence-corrected chi connectivity index (χ1v) is 4.98. The molecule has 1 heterocycles. The van der Waals surface area contributed by atoms with E-state index in [4.69, 9.17) is 0 Å². The summed E-state index contributed by atoms with van der Waals surface area (Å²) in [5.74, 6) is 0. The topological polar surface area (TPSA) is 53.6 Å². The van der Waals surface area contributed by atoms with E-state index in [9.17, 15) is 0 Å². The second kappa shape index (κ2) is 3.87. The molecular formula is C9H16N4. The highest BCUT2D eigenvalue weighted by atomic mass is 15.3. The van der Waals surface area contributed by atoms with Gasteiger partial charge in [-0.05, 0) is 19.8 Å². The molecule has 1 atom stereocenters. The lowest BCUT2D eigenvalue weighted by Crippen LogP contribution is -2.29. The molecule has 0 bridgehead atoms. The summed E-state index contributed by atoms with van der Waals surface area (Å²) in [6.07, 6.45) is 7.13. The van der Waals surface area contributed by atoms with Crippen molar-refractivity contribution in [1.29, 1.82) is 0 Å². The molecule has 1 unspecified atom stereocenters. The smallest absolute Gasteiger partial charge is 0.0991 e. The molecule has 1 aliphatic rings. The summed E-state index contributed by atoms with van der Waals surface area (Å²) >= 11 is 0. The van der Waals surface area contributed by atoms with Crippen molar-refractivity contribution in [3.05, 3.63) is 11.9 Å². The minimum absolute atomic E-state index is 0.321. The number of H-pyrrole nitrogens is 1. The van der Waals surface area contributed by atoms with Crippen LogP contribution in [0.1, 0.15) is 44.3 Å². The number of aromatic nitrogens is 3. The average Bonchev–Trinajstić information content (AvgIpc) is 2.74. The van der Waals surface area contributed by atoms with Crippen LogP contribution in [-0.2, 0) is 0 Å². The van der Waals surface area contributed by atoms with Crippen LogP contribution < -0.4 is 5.32 Å². The van der Waals surface area contributed by atoms with E-state index in [1.165, 1.54) is 25.7 Å². The standard InChI is InChI=1S/C9H16N4/c1-7(9-6-10-13-12-9)11-8-4-2-3-5-8/h6-8,11H,2-5H2,1H3,(H,10,12,13). The SMILES string of the molecule is CC(NC1CCCC1)c1cn[nH]n1. The molecular weight excluding hydrogens is 164 g/mol. The van der Waals surface area contributed by atoms with Crippen molar-refractivity contribution >= 4 is 0 Å². The molecule has 72 valence electrons. The predicted octanol–water partition coefficient (Wildman–Crippen LogP) is 1.40. The van der Waals surface area contributed by atoms with Crippen molar-refractivity contribution in [2.24, 2.45) is 0 Å². The van der Waals surface area contributed by atoms with Gasteiger partial charge in [0.2, 0.25) is 0 Å². The Labute approximate surface area is 78.1 Å². The minimum Gasteiger partial charge on any atom is -0.306 e. The summed E-state index contributed by atoms with van der Waals surface area (Å²) in [4.78, 5) is 0. The molecule has 1 saturated carbocycles. The Balaban J connectivity index is 1.87. The van der Waals surface area contributed by atoms with Crippen LogP contribution in [0, 0.1) is 0 Å². The van der Waals surface area contributed by atoms with E-state index < -0.39 is 0 Å². The van der Waals surface area contributed by atoms with Gasteiger partial charge in [-0.15, -0.1) is 0 Å². The molecule has 2 rings (SSSR count). The first kappa shape index (κ1) is 8.69. The third-order valence-corrected chi connectivity index (χ3v) is 2.72. The van der Waals surface area contributed by atoms with Gasteiger partial charge >= 0.3 is 0 Å². The zero-order chi connectivity index (χ0) is 9.10. The highest BCUT2D eigenvalue weighted by Gasteiger charge is 2.18. The summed E-state index contributed by atoms with van der Waals surface area (Å²) in [5.41, 5.74) is 1.01. The molecule has 13 heavy (non-hydrogen) atoms. The van der Waals surface area contributed by atoms with Crippen molar-refractivity contribution in [3.8, 4) is 0 Å². The summed E-state index contributed by atoms with van der Waals surface area (Å²) in [5, 5.41) is 14.1. The van der Waals surface area contributed by atoms with Crippen LogP contribution in [0.15, 0.2) is 6.20 Å². The number of hydrogen-bond acceptors (Lipinski definition) is 3. The molecule has 2 N–H and O–H groups in total. The van der Waals surface area contributed by atoms with E-state index in [-0.39, 0.29) is 0 Å². The van der Waals surface area contributed by atoms with Gasteiger partial charge in [0.15, 0.2) is 0 Å². The molecule has 1 aliphatic carbocycles. The molecule has 0 aliphatic heterocycles. The van der Waals surface area contributed by atoms with Crippen molar-refractivity contribution in [2.45, 2.75) is 44.7 Å². The van der Waals surface area contributed by atoms with E-state index in [0.29, 0.717) is 12.1 Å². The molecule has 1 fully saturated rings. The van der Waals surface area contributed by atoms with E-state index in [0.717, 1.165) is 5.69 Å². The first-order valence-electron chi connectivity index (χ1n) is 4.98. The predicted molar refractivity (Wildman–Crippen MR) is 50.2 cm³/mol. The molecule has 1 aromatic rings. The van der Waals surface area contributed by atoms with E-state index in [1.54, 1.807) is 6.20 Å². The Morgan fingerprint density at radius 1 is 1.54 bits per heavy atom. The summed E-state index contributed by atoms with van der Waals surface area (Å²) in [7, 11) is 0. The van der Waals surface area contributed by atoms with E-state index >= 15 is 0 Å². The van der Waals surface area contributed by atoms with Crippen LogP contribution in [-0.4, -0.2) is 21.5 Å². The van der Waals surface area contributed by atoms with Crippen LogP contribution in [0.25, 0.3) is 0 Å². The Morgan fingerprint density at radius 3 is 2.92 bits per heavy atom. The van der Waals surface area contributed by atoms with Gasteiger partial charge in [0.05, 0.1) is 17.9 Å². The van der Waals surface area contributed by atoms with Crippen molar-refractivity contribution in [1.82, 2.24) is 20.7 Å². The number of rotatable bonds is 3. The van der Waals surface area contributed by atoms with Crippen molar-refractivity contribution in [3.63, 3.8) is 0 Å². The molecule has 0 aromatic carbocycles. The maximum absolute atomic E-state index is 4.06. The van der Waals surface area contributed by atoms with Gasteiger partial charge in [0.1, 0.15) is 0 Å². The fourth-order valence-corrected chi connectivity index (χ4v) is 1.95. The van der Waals surface area contributed by atoms with E-state index in [1.807, 2.05) is 0 Å².